The molecular weight excluding hydrogens is 388 g/mol. The fourth-order valence-corrected chi connectivity index (χ4v) is 3.22. The number of carbonyl (C=O) groups excluding carboxylic acids is 1. The van der Waals surface area contributed by atoms with Gasteiger partial charge in [0.2, 0.25) is 0 Å². The Morgan fingerprint density at radius 2 is 1.90 bits per heavy atom. The summed E-state index contributed by atoms with van der Waals surface area (Å²) in [6, 6.07) is 7.42. The van der Waals surface area contributed by atoms with E-state index >= 15 is 0 Å². The van der Waals surface area contributed by atoms with E-state index in [9.17, 15) is 4.79 Å². The molecule has 1 aromatic carbocycles. The van der Waals surface area contributed by atoms with Crippen molar-refractivity contribution in [1.29, 1.82) is 0 Å². The lowest BCUT2D eigenvalue weighted by Crippen LogP contribution is -2.33. The minimum absolute atomic E-state index is 0.149. The fourth-order valence-electron chi connectivity index (χ4n) is 2.40. The van der Waals surface area contributed by atoms with E-state index in [1.807, 2.05) is 49.4 Å². The van der Waals surface area contributed by atoms with Crippen LogP contribution in [0, 0.1) is 6.92 Å². The molecule has 0 unspecified atom stereocenters. The Morgan fingerprint density at radius 3 is 2.55 bits per heavy atom. The van der Waals surface area contributed by atoms with Crippen LogP contribution in [0.15, 0.2) is 70.4 Å². The zero-order valence-electron chi connectivity index (χ0n) is 17.3. The van der Waals surface area contributed by atoms with E-state index in [1.54, 1.807) is 38.7 Å². The Labute approximate surface area is 176 Å². The van der Waals surface area contributed by atoms with Gasteiger partial charge in [-0.25, -0.2) is 0 Å². The molecule has 1 aromatic rings. The highest BCUT2D eigenvalue weighted by Crippen LogP contribution is 2.26. The van der Waals surface area contributed by atoms with E-state index < -0.39 is 0 Å². The first kappa shape index (κ1) is 22.3. The van der Waals surface area contributed by atoms with Crippen molar-refractivity contribution in [2.24, 2.45) is 10.2 Å². The van der Waals surface area contributed by atoms with Gasteiger partial charge in [-0.15, -0.1) is 10.2 Å². The molecule has 0 fully saturated rings. The summed E-state index contributed by atoms with van der Waals surface area (Å²) in [4.78, 5) is 12.3. The minimum atomic E-state index is -0.149. The number of hydrogen-bond acceptors (Lipinski definition) is 7. The summed E-state index contributed by atoms with van der Waals surface area (Å²) in [5.74, 6) is 1.25. The lowest BCUT2D eigenvalue weighted by molar-refractivity contribution is 0.0959. The van der Waals surface area contributed by atoms with Crippen LogP contribution in [0.25, 0.3) is 0 Å². The van der Waals surface area contributed by atoms with Gasteiger partial charge in [0.1, 0.15) is 16.6 Å². The van der Waals surface area contributed by atoms with Crippen molar-refractivity contribution in [1.82, 2.24) is 9.62 Å². The van der Waals surface area contributed by atoms with Gasteiger partial charge in [0.25, 0.3) is 5.91 Å². The number of carbonyl (C=O) groups is 1. The molecular formula is C21H26N4O3S. The number of nitrogens with one attached hydrogen (secondary N) is 1. The number of hydrogen-bond donors (Lipinski definition) is 1. The summed E-state index contributed by atoms with van der Waals surface area (Å²) >= 11 is 1.40. The average molecular weight is 415 g/mol. The molecule has 1 aliphatic heterocycles. The number of rotatable bonds is 8. The predicted molar refractivity (Wildman–Crippen MR) is 118 cm³/mol. The first-order valence-electron chi connectivity index (χ1n) is 9.01. The Morgan fingerprint density at radius 1 is 1.17 bits per heavy atom. The molecule has 1 N–H and O–H groups in total. The molecule has 8 heteroatoms. The zero-order valence-corrected chi connectivity index (χ0v) is 18.1. The predicted octanol–water partition coefficient (Wildman–Crippen LogP) is 4.01. The second-order valence-corrected chi connectivity index (χ2v) is 7.17. The van der Waals surface area contributed by atoms with Crippen LogP contribution < -0.4 is 5.32 Å². The summed E-state index contributed by atoms with van der Waals surface area (Å²) in [7, 11) is 3.20. The fraction of sp³-hybridized carbons (Fsp3) is 0.286. The molecule has 0 aliphatic carbocycles. The van der Waals surface area contributed by atoms with Gasteiger partial charge in [0, 0.05) is 17.5 Å². The Kier molecular flexibility index (Phi) is 8.54. The van der Waals surface area contributed by atoms with Crippen molar-refractivity contribution < 1.29 is 14.3 Å². The van der Waals surface area contributed by atoms with E-state index in [-0.39, 0.29) is 12.5 Å². The molecule has 1 aliphatic rings. The van der Waals surface area contributed by atoms with Gasteiger partial charge in [-0.05, 0) is 45.1 Å². The number of allylic oxidation sites excluding steroid dienone is 4. The largest absolute Gasteiger partial charge is 0.504 e. The van der Waals surface area contributed by atoms with Crippen molar-refractivity contribution in [2.45, 2.75) is 20.8 Å². The third kappa shape index (κ3) is 6.53. The van der Waals surface area contributed by atoms with Crippen LogP contribution >= 0.6 is 11.9 Å². The SMILES string of the molecule is CO/C=C/C=C\C(OC)=C(/C)N1SC(CNC(=O)c2ccc(C)cc2)=NN=C1C. The third-order valence-electron chi connectivity index (χ3n) is 3.97. The van der Waals surface area contributed by atoms with Gasteiger partial charge in [-0.1, -0.05) is 23.8 Å². The molecule has 0 bridgehead atoms. The van der Waals surface area contributed by atoms with Crippen LogP contribution in [-0.2, 0) is 9.47 Å². The summed E-state index contributed by atoms with van der Waals surface area (Å²) in [6.07, 6.45) is 7.00. The Balaban J connectivity index is 2.05. The molecule has 0 aromatic heterocycles. The van der Waals surface area contributed by atoms with Crippen molar-refractivity contribution in [2.75, 3.05) is 20.8 Å². The van der Waals surface area contributed by atoms with Gasteiger partial charge in [0.15, 0.2) is 0 Å². The number of methoxy groups -OCH3 is 2. The average Bonchev–Trinajstić information content (AvgIpc) is 2.73. The molecule has 2 rings (SSSR count). The molecule has 0 saturated heterocycles. The molecule has 0 saturated carbocycles. The minimum Gasteiger partial charge on any atom is -0.504 e. The molecule has 154 valence electrons. The van der Waals surface area contributed by atoms with Crippen LogP contribution in [0.2, 0.25) is 0 Å². The van der Waals surface area contributed by atoms with Gasteiger partial charge in [0.05, 0.1) is 32.7 Å². The van der Waals surface area contributed by atoms with Crippen molar-refractivity contribution in [3.63, 3.8) is 0 Å². The van der Waals surface area contributed by atoms with Gasteiger partial charge in [-0.2, -0.15) is 0 Å². The Bertz CT molecular complexity index is 870. The van der Waals surface area contributed by atoms with E-state index in [0.29, 0.717) is 16.4 Å². The smallest absolute Gasteiger partial charge is 0.251 e. The van der Waals surface area contributed by atoms with Gasteiger partial charge in [-0.3, -0.25) is 9.10 Å². The van der Waals surface area contributed by atoms with E-state index in [2.05, 4.69) is 15.5 Å². The maximum absolute atomic E-state index is 12.3. The standard InChI is InChI=1S/C21H26N4O3S/c1-15-9-11-18(12-10-15)21(26)22-14-20-24-23-17(3)25(29-20)16(2)19(28-5)8-6-7-13-27-4/h6-13H,14H2,1-5H3,(H,22,26)/b8-6-,13-7+,19-16-. The summed E-state index contributed by atoms with van der Waals surface area (Å²) in [6.45, 7) is 6.07. The van der Waals surface area contributed by atoms with Crippen molar-refractivity contribution in [3.05, 3.63) is 71.3 Å². The molecule has 1 amide bonds. The molecule has 29 heavy (non-hydrogen) atoms. The van der Waals surface area contributed by atoms with E-state index in [1.165, 1.54) is 11.9 Å². The number of amides is 1. The first-order chi connectivity index (χ1) is 14.0. The summed E-state index contributed by atoms with van der Waals surface area (Å²) < 4.78 is 12.3. The molecule has 0 atom stereocenters. The molecule has 0 radical (unpaired) electrons. The van der Waals surface area contributed by atoms with Crippen LogP contribution in [-0.4, -0.2) is 41.9 Å². The van der Waals surface area contributed by atoms with Gasteiger partial charge >= 0.3 is 0 Å². The lowest BCUT2D eigenvalue weighted by atomic mass is 10.1. The molecule has 7 nitrogen and oxygen atoms in total. The highest BCUT2D eigenvalue weighted by Gasteiger charge is 2.21. The highest BCUT2D eigenvalue weighted by atomic mass is 32.2. The maximum atomic E-state index is 12.3. The quantitative estimate of drug-likeness (QED) is 0.395. The van der Waals surface area contributed by atoms with Crippen LogP contribution in [0.3, 0.4) is 0 Å². The number of amidine groups is 1. The van der Waals surface area contributed by atoms with Crippen LogP contribution in [0.1, 0.15) is 29.8 Å². The van der Waals surface area contributed by atoms with E-state index in [0.717, 1.165) is 17.1 Å². The third-order valence-corrected chi connectivity index (χ3v) is 5.12. The monoisotopic (exact) mass is 414 g/mol. The lowest BCUT2D eigenvalue weighted by Gasteiger charge is -2.26. The van der Waals surface area contributed by atoms with E-state index in [4.69, 9.17) is 9.47 Å². The Hall–Kier alpha value is -3.00. The maximum Gasteiger partial charge on any atom is 0.251 e. The van der Waals surface area contributed by atoms with Crippen LogP contribution in [0.5, 0.6) is 0 Å². The number of nitrogens with zero attached hydrogens (tertiary/aromatic N) is 3. The van der Waals surface area contributed by atoms with Crippen molar-refractivity contribution >= 4 is 28.7 Å². The normalized spacial score (nSPS) is 15.1. The summed E-state index contributed by atoms with van der Waals surface area (Å²) in [5.41, 5.74) is 2.58. The summed E-state index contributed by atoms with van der Waals surface area (Å²) in [5, 5.41) is 12.0. The van der Waals surface area contributed by atoms with Gasteiger partial charge < -0.3 is 14.8 Å². The van der Waals surface area contributed by atoms with Crippen molar-refractivity contribution in [3.8, 4) is 0 Å². The number of benzene rings is 1. The highest BCUT2D eigenvalue weighted by molar-refractivity contribution is 8.12. The van der Waals surface area contributed by atoms with Crippen LogP contribution in [0.4, 0.5) is 0 Å². The number of aryl methyl sites for hydroxylation is 1. The second kappa shape index (κ2) is 11.1. The molecule has 0 spiro atoms. The second-order valence-electron chi connectivity index (χ2n) is 6.15. The molecule has 1 heterocycles. The number of ether oxygens (including phenoxy) is 2. The topological polar surface area (TPSA) is 75.5 Å². The zero-order chi connectivity index (χ0) is 21.2. The first-order valence-corrected chi connectivity index (χ1v) is 9.78.